The lowest BCUT2D eigenvalue weighted by Gasteiger charge is -2.19. The van der Waals surface area contributed by atoms with Crippen molar-refractivity contribution in [2.24, 2.45) is 0 Å². The topological polar surface area (TPSA) is 74.5 Å². The normalized spacial score (nSPS) is 16.5. The molecule has 0 bridgehead atoms. The zero-order chi connectivity index (χ0) is 19.7. The number of benzene rings is 1. The summed E-state index contributed by atoms with van der Waals surface area (Å²) in [6.07, 6.45) is 3.31. The number of aliphatic hydroxyl groups is 1. The monoisotopic (exact) mass is 377 g/mol. The molecule has 1 fully saturated rings. The number of carbonyl (C=O) groups excluding carboxylic acids is 1. The Morgan fingerprint density at radius 2 is 2.18 bits per heavy atom. The smallest absolute Gasteiger partial charge is 0.250 e. The zero-order valence-electron chi connectivity index (χ0n) is 15.8. The van der Waals surface area contributed by atoms with Crippen LogP contribution in [0.1, 0.15) is 12.0 Å². The number of nitrogens with zero attached hydrogens (tertiary/aromatic N) is 5. The van der Waals surface area contributed by atoms with E-state index in [-0.39, 0.29) is 12.0 Å². The van der Waals surface area contributed by atoms with Crippen LogP contribution >= 0.6 is 0 Å². The van der Waals surface area contributed by atoms with Gasteiger partial charge in [0.2, 0.25) is 11.9 Å². The Balaban J connectivity index is 1.82. The van der Waals surface area contributed by atoms with Crippen LogP contribution < -0.4 is 9.80 Å². The molecule has 144 valence electrons. The van der Waals surface area contributed by atoms with E-state index in [4.69, 9.17) is 4.98 Å². The van der Waals surface area contributed by atoms with Gasteiger partial charge in [0.05, 0.1) is 30.0 Å². The summed E-state index contributed by atoms with van der Waals surface area (Å²) >= 11 is 0. The molecule has 4 rings (SSSR count). The first kappa shape index (κ1) is 18.2. The van der Waals surface area contributed by atoms with Crippen LogP contribution in [-0.2, 0) is 11.3 Å². The van der Waals surface area contributed by atoms with Gasteiger partial charge in [0.1, 0.15) is 0 Å². The molecule has 7 heteroatoms. The van der Waals surface area contributed by atoms with Crippen LogP contribution in [0.3, 0.4) is 0 Å². The highest BCUT2D eigenvalue weighted by Gasteiger charge is 2.26. The lowest BCUT2D eigenvalue weighted by molar-refractivity contribution is -0.113. The predicted molar refractivity (Wildman–Crippen MR) is 110 cm³/mol. The molecule has 0 spiro atoms. The summed E-state index contributed by atoms with van der Waals surface area (Å²) in [6.45, 7) is 5.48. The number of aromatic nitrogens is 3. The van der Waals surface area contributed by atoms with Gasteiger partial charge < -0.3 is 19.5 Å². The Hall–Kier alpha value is -3.19. The second kappa shape index (κ2) is 7.44. The maximum absolute atomic E-state index is 12.0. The first-order valence-electron chi connectivity index (χ1n) is 9.30. The van der Waals surface area contributed by atoms with Gasteiger partial charge in [-0.3, -0.25) is 4.79 Å². The number of pyridine rings is 1. The minimum absolute atomic E-state index is 0.196. The van der Waals surface area contributed by atoms with Crippen molar-refractivity contribution in [2.45, 2.75) is 19.1 Å². The molecule has 1 aliphatic heterocycles. The van der Waals surface area contributed by atoms with Crippen molar-refractivity contribution < 1.29 is 9.90 Å². The molecule has 0 unspecified atom stereocenters. The van der Waals surface area contributed by atoms with E-state index in [1.54, 1.807) is 13.2 Å². The Morgan fingerprint density at radius 3 is 2.86 bits per heavy atom. The Kier molecular flexibility index (Phi) is 4.83. The van der Waals surface area contributed by atoms with E-state index in [2.05, 4.69) is 33.2 Å². The molecule has 1 amide bonds. The van der Waals surface area contributed by atoms with E-state index in [0.29, 0.717) is 24.4 Å². The number of anilines is 2. The van der Waals surface area contributed by atoms with Gasteiger partial charge in [0.25, 0.3) is 0 Å². The second-order valence-electron chi connectivity index (χ2n) is 7.01. The fraction of sp³-hybridized carbons (Fsp3) is 0.286. The number of hydrogen-bond acceptors (Lipinski definition) is 5. The molecule has 28 heavy (non-hydrogen) atoms. The fourth-order valence-corrected chi connectivity index (χ4v) is 3.52. The molecule has 3 aromatic rings. The van der Waals surface area contributed by atoms with Gasteiger partial charge in [-0.05, 0) is 24.1 Å². The summed E-state index contributed by atoms with van der Waals surface area (Å²) in [5.74, 6) is 0.593. The Labute approximate surface area is 163 Å². The molecule has 1 saturated heterocycles. The molecular weight excluding hydrogens is 354 g/mol. The van der Waals surface area contributed by atoms with Gasteiger partial charge in [-0.2, -0.15) is 4.98 Å². The Morgan fingerprint density at radius 1 is 1.39 bits per heavy atom. The summed E-state index contributed by atoms with van der Waals surface area (Å²) < 4.78 is 2.10. The average molecular weight is 377 g/mol. The summed E-state index contributed by atoms with van der Waals surface area (Å²) in [6, 6.07) is 12.1. The Bertz CT molecular complexity index is 1010. The van der Waals surface area contributed by atoms with E-state index >= 15 is 0 Å². The third-order valence-corrected chi connectivity index (χ3v) is 5.09. The van der Waals surface area contributed by atoms with E-state index in [1.807, 2.05) is 24.3 Å². The zero-order valence-corrected chi connectivity index (χ0v) is 15.8. The van der Waals surface area contributed by atoms with Crippen LogP contribution in [0.15, 0.2) is 55.3 Å². The van der Waals surface area contributed by atoms with Gasteiger partial charge in [0, 0.05) is 20.1 Å². The number of likely N-dealkylation sites (N-methyl/N-ethyl adjacent to an activating group) is 1. The highest BCUT2D eigenvalue weighted by Crippen LogP contribution is 2.28. The lowest BCUT2D eigenvalue weighted by Crippen LogP contribution is -2.25. The molecule has 0 aliphatic carbocycles. The fourth-order valence-electron chi connectivity index (χ4n) is 3.52. The molecule has 7 nitrogen and oxygen atoms in total. The summed E-state index contributed by atoms with van der Waals surface area (Å²) in [4.78, 5) is 24.8. The molecule has 1 N–H and O–H groups in total. The standard InChI is InChI=1S/C21H23N5O2/c1-3-19(28)24(2)16-11-18-20(22-12-16)23-21(25-10-9-17(27)14-25)26(18)13-15-7-5-4-6-8-15/h3-8,11-12,17,27H,1,9-10,13-14H2,2H3/t17-/m1/s1. The van der Waals surface area contributed by atoms with Gasteiger partial charge in [-0.25, -0.2) is 4.98 Å². The van der Waals surface area contributed by atoms with Crippen LogP contribution in [0, 0.1) is 0 Å². The van der Waals surface area contributed by atoms with Crippen molar-refractivity contribution in [2.75, 3.05) is 29.9 Å². The molecule has 2 aromatic heterocycles. The van der Waals surface area contributed by atoms with Crippen molar-refractivity contribution in [3.05, 3.63) is 60.8 Å². The van der Waals surface area contributed by atoms with Gasteiger partial charge in [-0.15, -0.1) is 0 Å². The maximum atomic E-state index is 12.0. The summed E-state index contributed by atoms with van der Waals surface area (Å²) in [5, 5.41) is 9.97. The first-order valence-corrected chi connectivity index (χ1v) is 9.30. The van der Waals surface area contributed by atoms with Crippen molar-refractivity contribution in [1.82, 2.24) is 14.5 Å². The van der Waals surface area contributed by atoms with Crippen molar-refractivity contribution in [3.63, 3.8) is 0 Å². The van der Waals surface area contributed by atoms with Crippen LogP contribution in [0.4, 0.5) is 11.6 Å². The van der Waals surface area contributed by atoms with Crippen molar-refractivity contribution >= 4 is 28.7 Å². The summed E-state index contributed by atoms with van der Waals surface area (Å²) in [5.41, 5.74) is 3.29. The van der Waals surface area contributed by atoms with Crippen LogP contribution in [0.2, 0.25) is 0 Å². The number of hydrogen-bond donors (Lipinski definition) is 1. The molecular formula is C21H23N5O2. The van der Waals surface area contributed by atoms with E-state index < -0.39 is 0 Å². The van der Waals surface area contributed by atoms with Crippen LogP contribution in [0.25, 0.3) is 11.2 Å². The molecule has 0 radical (unpaired) electrons. The van der Waals surface area contributed by atoms with Crippen LogP contribution in [0.5, 0.6) is 0 Å². The van der Waals surface area contributed by atoms with Gasteiger partial charge in [0.15, 0.2) is 5.65 Å². The third kappa shape index (κ3) is 3.36. The number of carbonyl (C=O) groups is 1. The number of aliphatic hydroxyl groups excluding tert-OH is 1. The molecule has 1 atom stereocenters. The van der Waals surface area contributed by atoms with Crippen molar-refractivity contribution in [1.29, 1.82) is 0 Å². The van der Waals surface area contributed by atoms with E-state index in [9.17, 15) is 9.90 Å². The number of imidazole rings is 1. The lowest BCUT2D eigenvalue weighted by atomic mass is 10.2. The largest absolute Gasteiger partial charge is 0.391 e. The highest BCUT2D eigenvalue weighted by molar-refractivity contribution is 6.01. The first-order chi connectivity index (χ1) is 13.6. The minimum atomic E-state index is -0.343. The molecule has 1 aromatic carbocycles. The predicted octanol–water partition coefficient (Wildman–Crippen LogP) is 2.20. The number of amides is 1. The maximum Gasteiger partial charge on any atom is 0.250 e. The average Bonchev–Trinajstić information content (AvgIpc) is 3.31. The van der Waals surface area contributed by atoms with E-state index in [1.165, 1.54) is 11.0 Å². The number of β-amino-alcohol motifs (C(OH)–C–C–N with tert-alkyl or cyclic N) is 1. The quantitative estimate of drug-likeness (QED) is 0.690. The number of rotatable bonds is 5. The van der Waals surface area contributed by atoms with Crippen molar-refractivity contribution in [3.8, 4) is 0 Å². The molecule has 3 heterocycles. The molecule has 0 saturated carbocycles. The minimum Gasteiger partial charge on any atom is -0.391 e. The molecule has 1 aliphatic rings. The SMILES string of the molecule is C=CC(=O)N(C)c1cnc2nc(N3CC[C@@H](O)C3)n(Cc3ccccc3)c2c1. The van der Waals surface area contributed by atoms with E-state index in [0.717, 1.165) is 30.0 Å². The van der Waals surface area contributed by atoms with Crippen LogP contribution in [-0.4, -0.2) is 51.8 Å². The second-order valence-corrected chi connectivity index (χ2v) is 7.01. The number of fused-ring (bicyclic) bond motifs is 1. The third-order valence-electron chi connectivity index (χ3n) is 5.09. The van der Waals surface area contributed by atoms with Gasteiger partial charge in [-0.1, -0.05) is 36.9 Å². The highest BCUT2D eigenvalue weighted by atomic mass is 16.3. The van der Waals surface area contributed by atoms with Gasteiger partial charge >= 0.3 is 0 Å². The summed E-state index contributed by atoms with van der Waals surface area (Å²) in [7, 11) is 1.70.